The van der Waals surface area contributed by atoms with Gasteiger partial charge < -0.3 is 20.2 Å². The topological polar surface area (TPSA) is 87.4 Å². The van der Waals surface area contributed by atoms with Crippen molar-refractivity contribution in [3.8, 4) is 10.8 Å². The molecule has 6 nitrogen and oxygen atoms in total. The highest BCUT2D eigenvalue weighted by Crippen LogP contribution is 2.30. The van der Waals surface area contributed by atoms with Crippen molar-refractivity contribution in [3.05, 3.63) is 42.2 Å². The van der Waals surface area contributed by atoms with Gasteiger partial charge in [-0.05, 0) is 30.7 Å². The second-order valence-corrected chi connectivity index (χ2v) is 5.97. The Balaban J connectivity index is 1.60. The summed E-state index contributed by atoms with van der Waals surface area (Å²) in [7, 11) is 0. The standard InChI is InChI=1S/C16H17N3O3S/c20-9-3-8-17-16(21)18-10-11-6-7-13(22-11)15-19-12-4-1-2-5-14(12)23-15/h1-2,4-7,20H,3,8-10H2,(H2,17,18,21). The number of urea groups is 1. The third-order valence-electron chi connectivity index (χ3n) is 3.21. The van der Waals surface area contributed by atoms with Crippen molar-refractivity contribution in [2.24, 2.45) is 0 Å². The van der Waals surface area contributed by atoms with E-state index in [1.165, 1.54) is 0 Å². The molecule has 0 atom stereocenters. The van der Waals surface area contributed by atoms with Gasteiger partial charge in [-0.2, -0.15) is 0 Å². The fourth-order valence-corrected chi connectivity index (χ4v) is 3.00. The maximum absolute atomic E-state index is 11.5. The fraction of sp³-hybridized carbons (Fsp3) is 0.250. The number of hydrogen-bond acceptors (Lipinski definition) is 5. The summed E-state index contributed by atoms with van der Waals surface area (Å²) in [5.74, 6) is 1.36. The van der Waals surface area contributed by atoms with Gasteiger partial charge in [-0.3, -0.25) is 0 Å². The molecule has 0 aliphatic carbocycles. The molecule has 0 bridgehead atoms. The molecule has 0 unspecified atom stereocenters. The van der Waals surface area contributed by atoms with Crippen LogP contribution in [0.15, 0.2) is 40.8 Å². The maximum atomic E-state index is 11.5. The molecule has 2 aromatic heterocycles. The Morgan fingerprint density at radius 1 is 1.22 bits per heavy atom. The molecule has 1 aromatic carbocycles. The van der Waals surface area contributed by atoms with E-state index in [4.69, 9.17) is 9.52 Å². The molecule has 2 amide bonds. The Morgan fingerprint density at radius 2 is 2.09 bits per heavy atom. The van der Waals surface area contributed by atoms with Crippen LogP contribution < -0.4 is 10.6 Å². The van der Waals surface area contributed by atoms with Gasteiger partial charge in [0.05, 0.1) is 16.8 Å². The molecule has 0 radical (unpaired) electrons. The van der Waals surface area contributed by atoms with E-state index in [-0.39, 0.29) is 12.6 Å². The zero-order chi connectivity index (χ0) is 16.1. The van der Waals surface area contributed by atoms with E-state index in [1.54, 1.807) is 11.3 Å². The summed E-state index contributed by atoms with van der Waals surface area (Å²) >= 11 is 1.57. The number of fused-ring (bicyclic) bond motifs is 1. The molecule has 0 saturated heterocycles. The molecule has 0 saturated carbocycles. The van der Waals surface area contributed by atoms with Crippen LogP contribution >= 0.6 is 11.3 Å². The Hall–Kier alpha value is -2.38. The van der Waals surface area contributed by atoms with Crippen LogP contribution in [0.1, 0.15) is 12.2 Å². The first-order valence-electron chi connectivity index (χ1n) is 7.33. The van der Waals surface area contributed by atoms with Crippen LogP contribution in [0, 0.1) is 0 Å². The van der Waals surface area contributed by atoms with E-state index >= 15 is 0 Å². The molecule has 3 rings (SSSR count). The fourth-order valence-electron chi connectivity index (χ4n) is 2.08. The van der Waals surface area contributed by atoms with Gasteiger partial charge in [0.1, 0.15) is 5.76 Å². The van der Waals surface area contributed by atoms with Gasteiger partial charge in [0.2, 0.25) is 0 Å². The highest BCUT2D eigenvalue weighted by Gasteiger charge is 2.10. The lowest BCUT2D eigenvalue weighted by Gasteiger charge is -2.05. The molecule has 23 heavy (non-hydrogen) atoms. The number of nitrogens with one attached hydrogen (secondary N) is 2. The number of amides is 2. The minimum atomic E-state index is -0.281. The third-order valence-corrected chi connectivity index (χ3v) is 4.26. The van der Waals surface area contributed by atoms with Crippen molar-refractivity contribution in [1.82, 2.24) is 15.6 Å². The van der Waals surface area contributed by atoms with Crippen LogP contribution in [0.25, 0.3) is 21.0 Å². The Morgan fingerprint density at radius 3 is 2.91 bits per heavy atom. The normalized spacial score (nSPS) is 10.8. The third kappa shape index (κ3) is 3.88. The van der Waals surface area contributed by atoms with Gasteiger partial charge >= 0.3 is 6.03 Å². The summed E-state index contributed by atoms with van der Waals surface area (Å²) in [6.45, 7) is 0.803. The molecule has 2 heterocycles. The number of aliphatic hydroxyl groups is 1. The molecule has 0 spiro atoms. The average molecular weight is 331 g/mol. The van der Waals surface area contributed by atoms with Crippen molar-refractivity contribution < 1.29 is 14.3 Å². The minimum Gasteiger partial charge on any atom is -0.457 e. The van der Waals surface area contributed by atoms with E-state index in [0.29, 0.717) is 31.0 Å². The Bertz CT molecular complexity index is 764. The SMILES string of the molecule is O=C(NCCCO)NCc1ccc(-c2nc3ccccc3s2)o1. The largest absolute Gasteiger partial charge is 0.457 e. The number of benzene rings is 1. The molecule has 0 aliphatic rings. The molecule has 120 valence electrons. The predicted octanol–water partition coefficient (Wildman–Crippen LogP) is 2.74. The predicted molar refractivity (Wildman–Crippen MR) is 89.3 cm³/mol. The van der Waals surface area contributed by atoms with Gasteiger partial charge in [0.25, 0.3) is 0 Å². The summed E-state index contributed by atoms with van der Waals surface area (Å²) in [4.78, 5) is 16.1. The first kappa shape index (κ1) is 15.5. The number of aromatic nitrogens is 1. The lowest BCUT2D eigenvalue weighted by Crippen LogP contribution is -2.35. The van der Waals surface area contributed by atoms with E-state index in [9.17, 15) is 4.79 Å². The number of furan rings is 1. The van der Waals surface area contributed by atoms with E-state index in [1.807, 2.05) is 36.4 Å². The van der Waals surface area contributed by atoms with Crippen molar-refractivity contribution in [1.29, 1.82) is 0 Å². The molecule has 0 fully saturated rings. The van der Waals surface area contributed by atoms with Gasteiger partial charge in [0.15, 0.2) is 10.8 Å². The number of carbonyl (C=O) groups excluding carboxylic acids is 1. The number of carbonyl (C=O) groups is 1. The molecule has 7 heteroatoms. The maximum Gasteiger partial charge on any atom is 0.315 e. The van der Waals surface area contributed by atoms with Crippen molar-refractivity contribution in [3.63, 3.8) is 0 Å². The highest BCUT2D eigenvalue weighted by atomic mass is 32.1. The van der Waals surface area contributed by atoms with Crippen LogP contribution in [-0.2, 0) is 6.54 Å². The second-order valence-electron chi connectivity index (χ2n) is 4.94. The number of para-hydroxylation sites is 1. The number of hydrogen-bond donors (Lipinski definition) is 3. The van der Waals surface area contributed by atoms with Gasteiger partial charge in [-0.15, -0.1) is 11.3 Å². The second kappa shape index (κ2) is 7.26. The van der Waals surface area contributed by atoms with E-state index in [2.05, 4.69) is 15.6 Å². The Kier molecular flexibility index (Phi) is 4.89. The number of thiazole rings is 1. The smallest absolute Gasteiger partial charge is 0.315 e. The molecule has 3 N–H and O–H groups in total. The van der Waals surface area contributed by atoms with Gasteiger partial charge in [-0.1, -0.05) is 12.1 Å². The molecular weight excluding hydrogens is 314 g/mol. The monoisotopic (exact) mass is 331 g/mol. The summed E-state index contributed by atoms with van der Waals surface area (Å²) < 4.78 is 6.85. The van der Waals surface area contributed by atoms with Crippen LogP contribution in [0.2, 0.25) is 0 Å². The summed E-state index contributed by atoms with van der Waals surface area (Å²) in [6, 6.07) is 11.3. The average Bonchev–Trinajstić information content (AvgIpc) is 3.19. The number of rotatable bonds is 6. The Labute approximate surface area is 137 Å². The lowest BCUT2D eigenvalue weighted by molar-refractivity contribution is 0.237. The highest BCUT2D eigenvalue weighted by molar-refractivity contribution is 7.21. The van der Waals surface area contributed by atoms with Crippen LogP contribution in [0.5, 0.6) is 0 Å². The quantitative estimate of drug-likeness (QED) is 0.606. The molecular formula is C16H17N3O3S. The van der Waals surface area contributed by atoms with Crippen molar-refractivity contribution >= 4 is 27.6 Å². The van der Waals surface area contributed by atoms with Crippen LogP contribution in [0.3, 0.4) is 0 Å². The van der Waals surface area contributed by atoms with Gasteiger partial charge in [-0.25, -0.2) is 9.78 Å². The number of nitrogens with zero attached hydrogens (tertiary/aromatic N) is 1. The first-order chi connectivity index (χ1) is 11.3. The van der Waals surface area contributed by atoms with E-state index in [0.717, 1.165) is 15.2 Å². The zero-order valence-electron chi connectivity index (χ0n) is 12.4. The van der Waals surface area contributed by atoms with E-state index < -0.39 is 0 Å². The molecule has 0 aliphatic heterocycles. The lowest BCUT2D eigenvalue weighted by atomic mass is 10.3. The number of aliphatic hydroxyl groups excluding tert-OH is 1. The summed E-state index contributed by atoms with van der Waals surface area (Å²) in [6.07, 6.45) is 0.538. The summed E-state index contributed by atoms with van der Waals surface area (Å²) in [5, 5.41) is 14.8. The minimum absolute atomic E-state index is 0.0595. The van der Waals surface area contributed by atoms with Crippen LogP contribution in [-0.4, -0.2) is 29.3 Å². The summed E-state index contributed by atoms with van der Waals surface area (Å²) in [5.41, 5.74) is 0.951. The first-order valence-corrected chi connectivity index (χ1v) is 8.15. The van der Waals surface area contributed by atoms with Crippen LogP contribution in [0.4, 0.5) is 4.79 Å². The van der Waals surface area contributed by atoms with Crippen molar-refractivity contribution in [2.75, 3.05) is 13.2 Å². The van der Waals surface area contributed by atoms with Gasteiger partial charge in [0, 0.05) is 13.2 Å². The zero-order valence-corrected chi connectivity index (χ0v) is 13.2. The molecule has 3 aromatic rings. The van der Waals surface area contributed by atoms with Crippen molar-refractivity contribution in [2.45, 2.75) is 13.0 Å².